The van der Waals surface area contributed by atoms with Crippen molar-refractivity contribution in [3.05, 3.63) is 23.3 Å². The summed E-state index contributed by atoms with van der Waals surface area (Å²) in [6, 6.07) is 3.10. The number of carbonyl (C=O) groups excluding carboxylic acids is 2. The molecule has 2 rings (SSSR count). The summed E-state index contributed by atoms with van der Waals surface area (Å²) in [5.41, 5.74) is 1.24. The molecule has 0 radical (unpaired) electrons. The van der Waals surface area contributed by atoms with Gasteiger partial charge in [0, 0.05) is 20.5 Å². The molecule has 7 heteroatoms. The van der Waals surface area contributed by atoms with Crippen molar-refractivity contribution in [3.8, 4) is 11.5 Å². The Labute approximate surface area is 154 Å². The first-order chi connectivity index (χ1) is 12.1. The van der Waals surface area contributed by atoms with Crippen LogP contribution in [0.25, 0.3) is 0 Å². The molecule has 1 atom stereocenters. The zero-order valence-electron chi connectivity index (χ0n) is 16.6. The van der Waals surface area contributed by atoms with Crippen LogP contribution in [0.3, 0.4) is 0 Å². The summed E-state index contributed by atoms with van der Waals surface area (Å²) >= 11 is 0. The number of rotatable bonds is 3. The molecular weight excluding hydrogens is 336 g/mol. The third-order valence-electron chi connectivity index (χ3n) is 4.19. The number of amides is 2. The Morgan fingerprint density at radius 1 is 1.08 bits per heavy atom. The van der Waals surface area contributed by atoms with Crippen molar-refractivity contribution in [1.82, 2.24) is 9.80 Å². The number of methoxy groups -OCH3 is 2. The van der Waals surface area contributed by atoms with Gasteiger partial charge in [-0.3, -0.25) is 9.69 Å². The third kappa shape index (κ3) is 4.20. The Hall–Kier alpha value is -2.44. The van der Waals surface area contributed by atoms with Crippen molar-refractivity contribution < 1.29 is 23.8 Å². The van der Waals surface area contributed by atoms with Crippen LogP contribution in [0.4, 0.5) is 4.79 Å². The van der Waals surface area contributed by atoms with Crippen LogP contribution in [0.15, 0.2) is 12.1 Å². The van der Waals surface area contributed by atoms with Crippen molar-refractivity contribution in [3.63, 3.8) is 0 Å². The number of benzene rings is 1. The molecule has 1 aromatic rings. The van der Waals surface area contributed by atoms with Crippen molar-refractivity contribution in [2.75, 3.05) is 28.3 Å². The summed E-state index contributed by atoms with van der Waals surface area (Å²) in [6.07, 6.45) is -0.107. The van der Waals surface area contributed by atoms with Crippen molar-refractivity contribution in [2.45, 2.75) is 45.4 Å². The molecule has 1 aliphatic rings. The third-order valence-corrected chi connectivity index (χ3v) is 4.19. The van der Waals surface area contributed by atoms with Gasteiger partial charge < -0.3 is 19.1 Å². The molecular formula is C19H28N2O5. The Balaban J connectivity index is 2.43. The van der Waals surface area contributed by atoms with Crippen molar-refractivity contribution in [1.29, 1.82) is 0 Å². The van der Waals surface area contributed by atoms with E-state index in [1.165, 1.54) is 9.80 Å². The van der Waals surface area contributed by atoms with Gasteiger partial charge in [-0.05, 0) is 44.0 Å². The highest BCUT2D eigenvalue weighted by atomic mass is 16.6. The van der Waals surface area contributed by atoms with Crippen molar-refractivity contribution in [2.24, 2.45) is 0 Å². The van der Waals surface area contributed by atoms with Gasteiger partial charge in [0.05, 0.1) is 20.8 Å². The molecule has 0 aliphatic carbocycles. The molecule has 0 spiro atoms. The minimum absolute atomic E-state index is 0.142. The molecule has 0 saturated carbocycles. The Morgan fingerprint density at radius 3 is 2.08 bits per heavy atom. The van der Waals surface area contributed by atoms with Crippen LogP contribution in [0.1, 0.15) is 31.9 Å². The maximum absolute atomic E-state index is 12.7. The van der Waals surface area contributed by atoms with Crippen LogP contribution in [-0.2, 0) is 22.5 Å². The van der Waals surface area contributed by atoms with E-state index >= 15 is 0 Å². The van der Waals surface area contributed by atoms with E-state index in [9.17, 15) is 9.59 Å². The van der Waals surface area contributed by atoms with Gasteiger partial charge in [0.25, 0.3) is 0 Å². The minimum Gasteiger partial charge on any atom is -0.493 e. The fourth-order valence-electron chi connectivity index (χ4n) is 2.94. The number of hydrogen-bond donors (Lipinski definition) is 0. The first-order valence-corrected chi connectivity index (χ1v) is 8.52. The lowest BCUT2D eigenvalue weighted by molar-refractivity contribution is -0.135. The van der Waals surface area contributed by atoms with Crippen LogP contribution in [0, 0.1) is 0 Å². The number of carbonyl (C=O) groups is 2. The second-order valence-electron chi connectivity index (χ2n) is 7.54. The summed E-state index contributed by atoms with van der Waals surface area (Å²) in [6.45, 7) is 5.69. The lowest BCUT2D eigenvalue weighted by Crippen LogP contribution is -2.53. The van der Waals surface area contributed by atoms with E-state index in [1.54, 1.807) is 49.1 Å². The van der Waals surface area contributed by atoms with E-state index in [0.29, 0.717) is 17.9 Å². The normalized spacial score (nSPS) is 16.6. The van der Waals surface area contributed by atoms with Gasteiger partial charge in [-0.15, -0.1) is 0 Å². The Bertz CT molecular complexity index is 694. The average molecular weight is 364 g/mol. The second kappa shape index (κ2) is 7.43. The van der Waals surface area contributed by atoms with E-state index in [4.69, 9.17) is 14.2 Å². The van der Waals surface area contributed by atoms with Crippen LogP contribution in [0.5, 0.6) is 11.5 Å². The highest BCUT2D eigenvalue weighted by molar-refractivity contribution is 5.86. The van der Waals surface area contributed by atoms with Gasteiger partial charge in [0.15, 0.2) is 11.5 Å². The van der Waals surface area contributed by atoms with Crippen LogP contribution < -0.4 is 9.47 Å². The molecule has 26 heavy (non-hydrogen) atoms. The van der Waals surface area contributed by atoms with Crippen LogP contribution in [0.2, 0.25) is 0 Å². The van der Waals surface area contributed by atoms with Gasteiger partial charge in [0.1, 0.15) is 11.6 Å². The van der Waals surface area contributed by atoms with Gasteiger partial charge in [-0.2, -0.15) is 0 Å². The standard InChI is InChI=1S/C19H28N2O5/c1-19(2,3)26-18(23)21-11-13-10-16(25-7)15(24-6)9-12(13)8-14(21)17(22)20(4)5/h9-10,14H,8,11H2,1-7H3/t14-/m0/s1. The number of hydrogen-bond acceptors (Lipinski definition) is 5. The molecule has 1 heterocycles. The highest BCUT2D eigenvalue weighted by Crippen LogP contribution is 2.35. The molecule has 7 nitrogen and oxygen atoms in total. The van der Waals surface area contributed by atoms with E-state index in [-0.39, 0.29) is 12.5 Å². The number of fused-ring (bicyclic) bond motifs is 1. The zero-order valence-corrected chi connectivity index (χ0v) is 16.6. The van der Waals surface area contributed by atoms with Crippen LogP contribution >= 0.6 is 0 Å². The summed E-state index contributed by atoms with van der Waals surface area (Å²) < 4.78 is 16.2. The van der Waals surface area contributed by atoms with Gasteiger partial charge in [-0.1, -0.05) is 0 Å². The summed E-state index contributed by atoms with van der Waals surface area (Å²) in [5.74, 6) is 1.05. The smallest absolute Gasteiger partial charge is 0.411 e. The van der Waals surface area contributed by atoms with E-state index < -0.39 is 17.7 Å². The number of nitrogens with zero attached hydrogens (tertiary/aromatic N) is 2. The van der Waals surface area contributed by atoms with Gasteiger partial charge >= 0.3 is 6.09 Å². The quantitative estimate of drug-likeness (QED) is 0.824. The zero-order chi connectivity index (χ0) is 19.6. The molecule has 0 fully saturated rings. The summed E-state index contributed by atoms with van der Waals surface area (Å²) in [4.78, 5) is 28.4. The maximum Gasteiger partial charge on any atom is 0.411 e. The maximum atomic E-state index is 12.7. The molecule has 0 bridgehead atoms. The van der Waals surface area contributed by atoms with Gasteiger partial charge in [0.2, 0.25) is 5.91 Å². The summed E-state index contributed by atoms with van der Waals surface area (Å²) in [7, 11) is 6.50. The predicted molar refractivity (Wildman–Crippen MR) is 97.5 cm³/mol. The summed E-state index contributed by atoms with van der Waals surface area (Å²) in [5, 5.41) is 0. The minimum atomic E-state index is -0.638. The fraction of sp³-hybridized carbons (Fsp3) is 0.579. The first kappa shape index (κ1) is 19.9. The molecule has 2 amide bonds. The number of ether oxygens (including phenoxy) is 3. The van der Waals surface area contributed by atoms with E-state index in [0.717, 1.165) is 11.1 Å². The fourth-order valence-corrected chi connectivity index (χ4v) is 2.94. The topological polar surface area (TPSA) is 68.3 Å². The average Bonchev–Trinajstić information content (AvgIpc) is 2.56. The molecule has 1 aliphatic heterocycles. The van der Waals surface area contributed by atoms with Gasteiger partial charge in [-0.25, -0.2) is 4.79 Å². The van der Waals surface area contributed by atoms with Crippen molar-refractivity contribution >= 4 is 12.0 Å². The molecule has 0 N–H and O–H groups in total. The van der Waals surface area contributed by atoms with Crippen LogP contribution in [-0.4, -0.2) is 61.8 Å². The van der Waals surface area contributed by atoms with E-state index in [1.807, 2.05) is 12.1 Å². The largest absolute Gasteiger partial charge is 0.493 e. The second-order valence-corrected chi connectivity index (χ2v) is 7.54. The monoisotopic (exact) mass is 364 g/mol. The Kier molecular flexibility index (Phi) is 5.68. The molecule has 0 saturated heterocycles. The lowest BCUT2D eigenvalue weighted by atomic mass is 9.93. The molecule has 0 unspecified atom stereocenters. The first-order valence-electron chi connectivity index (χ1n) is 8.52. The predicted octanol–water partition coefficient (Wildman–Crippen LogP) is 2.45. The number of likely N-dealkylation sites (N-methyl/N-ethyl adjacent to an activating group) is 1. The Morgan fingerprint density at radius 2 is 1.62 bits per heavy atom. The lowest BCUT2D eigenvalue weighted by Gasteiger charge is -2.38. The SMILES string of the molecule is COc1cc2c(cc1OC)CN(C(=O)OC(C)(C)C)[C@H](C(=O)N(C)C)C2. The highest BCUT2D eigenvalue weighted by Gasteiger charge is 2.38. The molecule has 0 aromatic heterocycles. The van der Waals surface area contributed by atoms with E-state index in [2.05, 4.69) is 0 Å². The molecule has 1 aromatic carbocycles. The molecule has 144 valence electrons.